The van der Waals surface area contributed by atoms with E-state index in [4.69, 9.17) is 4.74 Å². The summed E-state index contributed by atoms with van der Waals surface area (Å²) in [5.74, 6) is 1.46. The summed E-state index contributed by atoms with van der Waals surface area (Å²) in [6.07, 6.45) is 1.71. The van der Waals surface area contributed by atoms with Crippen LogP contribution in [0, 0.1) is 20.8 Å². The van der Waals surface area contributed by atoms with E-state index >= 15 is 0 Å². The van der Waals surface area contributed by atoms with Gasteiger partial charge in [-0.1, -0.05) is 18.2 Å². The summed E-state index contributed by atoms with van der Waals surface area (Å²) in [4.78, 5) is 9.13. The first kappa shape index (κ1) is 14.6. The second-order valence-electron chi connectivity index (χ2n) is 5.83. The molecule has 120 valence electrons. The van der Waals surface area contributed by atoms with Crippen molar-refractivity contribution in [3.8, 4) is 17.1 Å². The van der Waals surface area contributed by atoms with Crippen molar-refractivity contribution in [3.05, 3.63) is 47.3 Å². The molecule has 24 heavy (non-hydrogen) atoms. The average Bonchev–Trinajstić information content (AvgIpc) is 3.00. The molecular formula is C18H17N5O. The molecule has 0 fully saturated rings. The van der Waals surface area contributed by atoms with Gasteiger partial charge in [-0.25, -0.2) is 9.97 Å². The van der Waals surface area contributed by atoms with E-state index in [2.05, 4.69) is 46.1 Å². The molecule has 0 atom stereocenters. The van der Waals surface area contributed by atoms with Gasteiger partial charge >= 0.3 is 0 Å². The minimum Gasteiger partial charge on any atom is -0.494 e. The van der Waals surface area contributed by atoms with Crippen molar-refractivity contribution < 1.29 is 4.74 Å². The number of benzene rings is 1. The van der Waals surface area contributed by atoms with Crippen LogP contribution in [-0.2, 0) is 0 Å². The van der Waals surface area contributed by atoms with Gasteiger partial charge in [-0.2, -0.15) is 0 Å². The number of hydrogen-bond donors (Lipinski definition) is 0. The third kappa shape index (κ3) is 1.96. The molecule has 1 aromatic carbocycles. The summed E-state index contributed by atoms with van der Waals surface area (Å²) in [6.45, 7) is 6.08. The maximum absolute atomic E-state index is 5.44. The number of nitrogens with zero attached hydrogens (tertiary/aromatic N) is 5. The smallest absolute Gasteiger partial charge is 0.184 e. The highest BCUT2D eigenvalue weighted by molar-refractivity contribution is 5.83. The monoisotopic (exact) mass is 319 g/mol. The topological polar surface area (TPSA) is 65.2 Å². The van der Waals surface area contributed by atoms with E-state index in [1.165, 1.54) is 0 Å². The van der Waals surface area contributed by atoms with Crippen molar-refractivity contribution in [1.82, 2.24) is 24.6 Å². The van der Waals surface area contributed by atoms with Gasteiger partial charge in [0.1, 0.15) is 11.3 Å². The second-order valence-corrected chi connectivity index (χ2v) is 5.83. The molecule has 0 spiro atoms. The minimum atomic E-state index is 0.686. The molecule has 0 amide bonds. The van der Waals surface area contributed by atoms with Crippen LogP contribution in [0.5, 0.6) is 5.75 Å². The Morgan fingerprint density at radius 2 is 1.71 bits per heavy atom. The average molecular weight is 319 g/mol. The number of pyridine rings is 1. The summed E-state index contributed by atoms with van der Waals surface area (Å²) < 4.78 is 7.41. The number of methoxy groups -OCH3 is 1. The maximum atomic E-state index is 5.44. The van der Waals surface area contributed by atoms with Gasteiger partial charge in [0.15, 0.2) is 17.1 Å². The molecule has 3 heterocycles. The van der Waals surface area contributed by atoms with Gasteiger partial charge in [-0.05, 0) is 31.9 Å². The van der Waals surface area contributed by atoms with E-state index in [9.17, 15) is 0 Å². The molecule has 6 heteroatoms. The molecule has 4 aromatic rings. The van der Waals surface area contributed by atoms with Crippen molar-refractivity contribution in [1.29, 1.82) is 0 Å². The Kier molecular flexibility index (Phi) is 3.19. The first-order chi connectivity index (χ1) is 11.6. The van der Waals surface area contributed by atoms with Gasteiger partial charge in [0.25, 0.3) is 0 Å². The third-order valence-corrected chi connectivity index (χ3v) is 4.27. The number of hydrogen-bond acceptors (Lipinski definition) is 5. The quantitative estimate of drug-likeness (QED) is 0.567. The van der Waals surface area contributed by atoms with Crippen molar-refractivity contribution in [3.63, 3.8) is 0 Å². The lowest BCUT2D eigenvalue weighted by Gasteiger charge is -2.11. The van der Waals surface area contributed by atoms with Crippen LogP contribution in [0.3, 0.4) is 0 Å². The number of aromatic nitrogens is 5. The summed E-state index contributed by atoms with van der Waals surface area (Å²) in [7, 11) is 1.63. The largest absolute Gasteiger partial charge is 0.494 e. The van der Waals surface area contributed by atoms with Crippen molar-refractivity contribution >= 4 is 16.8 Å². The third-order valence-electron chi connectivity index (χ3n) is 4.27. The summed E-state index contributed by atoms with van der Waals surface area (Å²) in [5, 5.41) is 8.80. The highest BCUT2D eigenvalue weighted by Gasteiger charge is 2.19. The fraction of sp³-hybridized carbons (Fsp3) is 0.222. The van der Waals surface area contributed by atoms with Gasteiger partial charge in [0.2, 0.25) is 0 Å². The fourth-order valence-electron chi connectivity index (χ4n) is 3.13. The molecule has 0 aliphatic rings. The molecule has 0 radical (unpaired) electrons. The number of aryl methyl sites for hydroxylation is 3. The zero-order valence-electron chi connectivity index (χ0n) is 14.0. The van der Waals surface area contributed by atoms with E-state index in [0.29, 0.717) is 22.6 Å². The first-order valence-electron chi connectivity index (χ1n) is 7.73. The van der Waals surface area contributed by atoms with Crippen LogP contribution in [-0.4, -0.2) is 31.7 Å². The molecular weight excluding hydrogens is 302 g/mol. The van der Waals surface area contributed by atoms with E-state index < -0.39 is 0 Å². The number of fused-ring (bicyclic) bond motifs is 3. The lowest BCUT2D eigenvalue weighted by atomic mass is 10.0. The molecule has 0 unspecified atom stereocenters. The molecule has 0 saturated heterocycles. The number of rotatable bonds is 2. The Morgan fingerprint density at radius 3 is 2.42 bits per heavy atom. The van der Waals surface area contributed by atoms with Crippen LogP contribution in [0.4, 0.5) is 0 Å². The molecule has 3 aromatic heterocycles. The molecule has 6 nitrogen and oxygen atoms in total. The lowest BCUT2D eigenvalue weighted by Crippen LogP contribution is -2.02. The van der Waals surface area contributed by atoms with Crippen molar-refractivity contribution in [2.24, 2.45) is 0 Å². The van der Waals surface area contributed by atoms with Gasteiger partial charge in [0, 0.05) is 17.8 Å². The van der Waals surface area contributed by atoms with Crippen molar-refractivity contribution in [2.75, 3.05) is 7.11 Å². The van der Waals surface area contributed by atoms with Gasteiger partial charge in [0.05, 0.1) is 12.8 Å². The van der Waals surface area contributed by atoms with Gasteiger partial charge < -0.3 is 4.74 Å². The Labute approximate surface area is 139 Å². The van der Waals surface area contributed by atoms with E-state index in [0.717, 1.165) is 28.2 Å². The van der Waals surface area contributed by atoms with Crippen LogP contribution in [0.2, 0.25) is 0 Å². The van der Waals surface area contributed by atoms with Crippen LogP contribution in [0.1, 0.15) is 16.8 Å². The van der Waals surface area contributed by atoms with Crippen LogP contribution in [0.25, 0.3) is 28.2 Å². The standard InChI is InChI=1S/C18H17N5O/c1-10-6-5-7-11(2)14(10)17-22-21-16-12(3)20-15-13(24-4)8-9-19-18(15)23(16)17/h5-9H,1-4H3. The zero-order chi connectivity index (χ0) is 16.8. The molecule has 0 saturated carbocycles. The SMILES string of the molecule is COc1ccnc2c1nc(C)c1nnc(-c3c(C)cccc3C)n12. The second kappa shape index (κ2) is 5.26. The zero-order valence-corrected chi connectivity index (χ0v) is 14.0. The van der Waals surface area contributed by atoms with E-state index in [1.807, 2.05) is 23.5 Å². The summed E-state index contributed by atoms with van der Waals surface area (Å²) >= 11 is 0. The Balaban J connectivity index is 2.20. The Morgan fingerprint density at radius 1 is 0.958 bits per heavy atom. The van der Waals surface area contributed by atoms with Crippen LogP contribution >= 0.6 is 0 Å². The predicted molar refractivity (Wildman–Crippen MR) is 92.3 cm³/mol. The lowest BCUT2D eigenvalue weighted by molar-refractivity contribution is 0.418. The Hall–Kier alpha value is -3.02. The minimum absolute atomic E-state index is 0.686. The van der Waals surface area contributed by atoms with E-state index in [1.54, 1.807) is 13.3 Å². The highest BCUT2D eigenvalue weighted by Crippen LogP contribution is 2.30. The molecule has 0 N–H and O–H groups in total. The van der Waals surface area contributed by atoms with Gasteiger partial charge in [-0.3, -0.25) is 4.40 Å². The van der Waals surface area contributed by atoms with Crippen LogP contribution < -0.4 is 4.74 Å². The maximum Gasteiger partial charge on any atom is 0.184 e. The molecule has 0 bridgehead atoms. The first-order valence-corrected chi connectivity index (χ1v) is 7.73. The predicted octanol–water partition coefficient (Wildman–Crippen LogP) is 3.27. The summed E-state index contributed by atoms with van der Waals surface area (Å²) in [5.41, 5.74) is 6.26. The Bertz CT molecular complexity index is 1060. The molecule has 0 aliphatic carbocycles. The normalized spacial score (nSPS) is 11.3. The van der Waals surface area contributed by atoms with E-state index in [-0.39, 0.29) is 0 Å². The number of ether oxygens (including phenoxy) is 1. The van der Waals surface area contributed by atoms with Gasteiger partial charge in [-0.15, -0.1) is 10.2 Å². The highest BCUT2D eigenvalue weighted by atomic mass is 16.5. The fourth-order valence-corrected chi connectivity index (χ4v) is 3.13. The van der Waals surface area contributed by atoms with Crippen LogP contribution in [0.15, 0.2) is 30.5 Å². The molecule has 0 aliphatic heterocycles. The summed E-state index contributed by atoms with van der Waals surface area (Å²) in [6, 6.07) is 8.01. The van der Waals surface area contributed by atoms with Crippen molar-refractivity contribution in [2.45, 2.75) is 20.8 Å². The molecule has 4 rings (SSSR count).